The lowest BCUT2D eigenvalue weighted by atomic mass is 10.1. The van der Waals surface area contributed by atoms with Crippen molar-refractivity contribution in [1.29, 1.82) is 0 Å². The van der Waals surface area contributed by atoms with Gasteiger partial charge in [-0.3, -0.25) is 0 Å². The first kappa shape index (κ1) is 8.87. The first-order valence-corrected chi connectivity index (χ1v) is 5.08. The van der Waals surface area contributed by atoms with Gasteiger partial charge in [-0.15, -0.1) is 11.3 Å². The summed E-state index contributed by atoms with van der Waals surface area (Å²) < 4.78 is 25.6. The highest BCUT2D eigenvalue weighted by Crippen LogP contribution is 2.30. The molecule has 1 aromatic heterocycles. The Bertz CT molecular complexity index is 264. The Hall–Kier alpha value is -0.710. The van der Waals surface area contributed by atoms with E-state index in [0.29, 0.717) is 13.1 Å². The van der Waals surface area contributed by atoms with E-state index in [4.69, 9.17) is 0 Å². The van der Waals surface area contributed by atoms with Crippen LogP contribution in [0.1, 0.15) is 12.8 Å². The van der Waals surface area contributed by atoms with Crippen LogP contribution in [0.15, 0.2) is 11.6 Å². The molecule has 2 nitrogen and oxygen atoms in total. The van der Waals surface area contributed by atoms with Gasteiger partial charge >= 0.3 is 0 Å². The summed E-state index contributed by atoms with van der Waals surface area (Å²) in [6, 6.07) is 0. The molecule has 0 aromatic carbocycles. The van der Waals surface area contributed by atoms with Crippen molar-refractivity contribution < 1.29 is 8.78 Å². The lowest BCUT2D eigenvalue weighted by Crippen LogP contribution is -2.39. The van der Waals surface area contributed by atoms with Crippen molar-refractivity contribution >= 4 is 16.5 Å². The van der Waals surface area contributed by atoms with Crippen molar-refractivity contribution in [3.05, 3.63) is 11.6 Å². The molecule has 1 aliphatic rings. The van der Waals surface area contributed by atoms with E-state index in [1.54, 1.807) is 6.20 Å². The monoisotopic (exact) mass is 204 g/mol. The molecule has 1 aromatic rings. The fourth-order valence-electron chi connectivity index (χ4n) is 1.40. The molecule has 5 heteroatoms. The van der Waals surface area contributed by atoms with Crippen LogP contribution in [0.5, 0.6) is 0 Å². The second-order valence-corrected chi connectivity index (χ2v) is 4.03. The van der Waals surface area contributed by atoms with Crippen LogP contribution in [0, 0.1) is 0 Å². The zero-order valence-corrected chi connectivity index (χ0v) is 7.86. The number of hydrogen-bond acceptors (Lipinski definition) is 3. The smallest absolute Gasteiger partial charge is 0.251 e. The van der Waals surface area contributed by atoms with Gasteiger partial charge in [0, 0.05) is 37.5 Å². The van der Waals surface area contributed by atoms with Gasteiger partial charge in [-0.05, 0) is 0 Å². The Kier molecular flexibility index (Phi) is 2.19. The average Bonchev–Trinajstić information content (AvgIpc) is 2.56. The average molecular weight is 204 g/mol. The van der Waals surface area contributed by atoms with E-state index >= 15 is 0 Å². The number of piperidine rings is 1. The van der Waals surface area contributed by atoms with Crippen LogP contribution >= 0.6 is 11.3 Å². The quantitative estimate of drug-likeness (QED) is 0.698. The molecule has 0 radical (unpaired) electrons. The lowest BCUT2D eigenvalue weighted by Gasteiger charge is -2.31. The molecule has 1 saturated heterocycles. The third-order valence-corrected chi connectivity index (χ3v) is 3.02. The number of hydrogen-bond donors (Lipinski definition) is 0. The summed E-state index contributed by atoms with van der Waals surface area (Å²) in [5, 5.41) is 2.72. The maximum absolute atomic E-state index is 12.8. The van der Waals surface area contributed by atoms with Crippen molar-refractivity contribution in [2.75, 3.05) is 18.0 Å². The maximum atomic E-state index is 12.8. The molecule has 2 rings (SSSR count). The van der Waals surface area contributed by atoms with Crippen molar-refractivity contribution in [2.24, 2.45) is 0 Å². The molecule has 0 bridgehead atoms. The number of thiazole rings is 1. The predicted octanol–water partition coefficient (Wildman–Crippen LogP) is 2.38. The molecule has 72 valence electrons. The fourth-order valence-corrected chi connectivity index (χ4v) is 2.09. The summed E-state index contributed by atoms with van der Waals surface area (Å²) in [5.74, 6) is -2.46. The number of anilines is 1. The fraction of sp³-hybridized carbons (Fsp3) is 0.625. The second kappa shape index (κ2) is 3.21. The zero-order chi connectivity index (χ0) is 9.31. The normalized spacial score (nSPS) is 21.8. The molecule has 1 fully saturated rings. The van der Waals surface area contributed by atoms with Gasteiger partial charge in [0.25, 0.3) is 5.92 Å². The number of rotatable bonds is 1. The topological polar surface area (TPSA) is 16.1 Å². The van der Waals surface area contributed by atoms with Crippen LogP contribution < -0.4 is 4.90 Å². The van der Waals surface area contributed by atoms with Gasteiger partial charge in [-0.1, -0.05) is 0 Å². The van der Waals surface area contributed by atoms with E-state index < -0.39 is 5.92 Å². The molecule has 2 heterocycles. The largest absolute Gasteiger partial charge is 0.348 e. The van der Waals surface area contributed by atoms with Crippen LogP contribution in [0.4, 0.5) is 13.9 Å². The molecule has 0 saturated carbocycles. The Labute approximate surface area is 79.2 Å². The second-order valence-electron chi connectivity index (χ2n) is 3.16. The highest BCUT2D eigenvalue weighted by molar-refractivity contribution is 7.13. The van der Waals surface area contributed by atoms with Gasteiger partial charge in [-0.2, -0.15) is 0 Å². The summed E-state index contributed by atoms with van der Waals surface area (Å²) in [6.07, 6.45) is 1.60. The Morgan fingerprint density at radius 2 is 2.08 bits per heavy atom. The van der Waals surface area contributed by atoms with Crippen molar-refractivity contribution in [3.63, 3.8) is 0 Å². The lowest BCUT2D eigenvalue weighted by molar-refractivity contribution is -0.0220. The SMILES string of the molecule is FC1(F)CCN(c2nccs2)CC1. The molecule has 0 unspecified atom stereocenters. The van der Waals surface area contributed by atoms with Crippen LogP contribution in [0.3, 0.4) is 0 Å². The minimum absolute atomic E-state index is 0.0490. The Balaban J connectivity index is 1.99. The number of nitrogens with zero attached hydrogens (tertiary/aromatic N) is 2. The molecule has 0 atom stereocenters. The number of alkyl halides is 2. The maximum Gasteiger partial charge on any atom is 0.251 e. The van der Waals surface area contributed by atoms with E-state index in [9.17, 15) is 8.78 Å². The van der Waals surface area contributed by atoms with Gasteiger partial charge in [-0.25, -0.2) is 13.8 Å². The molecular weight excluding hydrogens is 194 g/mol. The molecular formula is C8H10F2N2S. The van der Waals surface area contributed by atoms with Crippen molar-refractivity contribution in [2.45, 2.75) is 18.8 Å². The first-order valence-electron chi connectivity index (χ1n) is 4.20. The summed E-state index contributed by atoms with van der Waals surface area (Å²) in [7, 11) is 0. The van der Waals surface area contributed by atoms with Crippen LogP contribution in [-0.2, 0) is 0 Å². The van der Waals surface area contributed by atoms with Gasteiger partial charge in [0.15, 0.2) is 5.13 Å². The highest BCUT2D eigenvalue weighted by atomic mass is 32.1. The van der Waals surface area contributed by atoms with E-state index in [1.165, 1.54) is 11.3 Å². The van der Waals surface area contributed by atoms with E-state index in [2.05, 4.69) is 4.98 Å². The van der Waals surface area contributed by atoms with E-state index in [1.807, 2.05) is 10.3 Å². The highest BCUT2D eigenvalue weighted by Gasteiger charge is 2.34. The van der Waals surface area contributed by atoms with E-state index in [0.717, 1.165) is 5.13 Å². The van der Waals surface area contributed by atoms with Crippen LogP contribution in [0.25, 0.3) is 0 Å². The first-order chi connectivity index (χ1) is 6.17. The van der Waals surface area contributed by atoms with Crippen LogP contribution in [0.2, 0.25) is 0 Å². The third-order valence-electron chi connectivity index (χ3n) is 2.18. The molecule has 0 spiro atoms. The number of halogens is 2. The van der Waals surface area contributed by atoms with Gasteiger partial charge < -0.3 is 4.90 Å². The van der Waals surface area contributed by atoms with Crippen molar-refractivity contribution in [3.8, 4) is 0 Å². The zero-order valence-electron chi connectivity index (χ0n) is 7.04. The molecule has 0 amide bonds. The summed E-state index contributed by atoms with van der Waals surface area (Å²) in [6.45, 7) is 0.834. The molecule has 0 N–H and O–H groups in total. The standard InChI is InChI=1S/C8H10F2N2S/c9-8(10)1-4-12(5-2-8)7-11-3-6-13-7/h3,6H,1-2,4-5H2. The third kappa shape index (κ3) is 1.96. The van der Waals surface area contributed by atoms with Gasteiger partial charge in [0.2, 0.25) is 0 Å². The van der Waals surface area contributed by atoms with Crippen molar-refractivity contribution in [1.82, 2.24) is 4.98 Å². The molecule has 1 aliphatic heterocycles. The molecule has 0 aliphatic carbocycles. The number of aromatic nitrogens is 1. The summed E-state index contributed by atoms with van der Waals surface area (Å²) in [5.41, 5.74) is 0. The molecule has 13 heavy (non-hydrogen) atoms. The van der Waals surface area contributed by atoms with Gasteiger partial charge in [0.1, 0.15) is 0 Å². The Morgan fingerprint density at radius 1 is 1.38 bits per heavy atom. The van der Waals surface area contributed by atoms with E-state index in [-0.39, 0.29) is 12.8 Å². The minimum Gasteiger partial charge on any atom is -0.348 e. The Morgan fingerprint density at radius 3 is 2.62 bits per heavy atom. The van der Waals surface area contributed by atoms with Gasteiger partial charge in [0.05, 0.1) is 0 Å². The predicted molar refractivity (Wildman–Crippen MR) is 48.5 cm³/mol. The van der Waals surface area contributed by atoms with Crippen LogP contribution in [-0.4, -0.2) is 24.0 Å². The summed E-state index contributed by atoms with van der Waals surface area (Å²) >= 11 is 1.50. The summed E-state index contributed by atoms with van der Waals surface area (Å²) in [4.78, 5) is 6.01. The minimum atomic E-state index is -2.46.